The number of sulfonamides is 1. The zero-order chi connectivity index (χ0) is 18.7. The molecule has 0 atom stereocenters. The Balaban J connectivity index is 1.73. The van der Waals surface area contributed by atoms with Gasteiger partial charge >= 0.3 is 0 Å². The fraction of sp³-hybridized carbons (Fsp3) is 0.368. The van der Waals surface area contributed by atoms with Crippen LogP contribution in [0, 0.1) is 11.6 Å². The zero-order valence-electron chi connectivity index (χ0n) is 14.4. The molecule has 1 N–H and O–H groups in total. The van der Waals surface area contributed by atoms with Gasteiger partial charge in [-0.15, -0.1) is 0 Å². The predicted octanol–water partition coefficient (Wildman–Crippen LogP) is 3.87. The number of benzene rings is 2. The van der Waals surface area contributed by atoms with Crippen molar-refractivity contribution in [2.24, 2.45) is 0 Å². The van der Waals surface area contributed by atoms with E-state index < -0.39 is 21.7 Å². The van der Waals surface area contributed by atoms with Crippen molar-refractivity contribution in [3.63, 3.8) is 0 Å². The van der Waals surface area contributed by atoms with E-state index in [1.54, 1.807) is 7.11 Å². The molecule has 1 aliphatic rings. The second-order valence-corrected chi connectivity index (χ2v) is 8.19. The van der Waals surface area contributed by atoms with Gasteiger partial charge in [0.2, 0.25) is 10.0 Å². The van der Waals surface area contributed by atoms with Crippen LogP contribution in [0.5, 0.6) is 0 Å². The normalized spacial score (nSPS) is 20.9. The molecule has 2 aromatic carbocycles. The topological polar surface area (TPSA) is 55.4 Å². The Hall–Kier alpha value is -1.83. The smallest absolute Gasteiger partial charge is 0.240 e. The van der Waals surface area contributed by atoms with E-state index in [9.17, 15) is 17.2 Å². The van der Waals surface area contributed by atoms with Crippen LogP contribution in [0.4, 0.5) is 8.78 Å². The van der Waals surface area contributed by atoms with Gasteiger partial charge < -0.3 is 4.74 Å². The van der Waals surface area contributed by atoms with Gasteiger partial charge in [0.25, 0.3) is 0 Å². The largest absolute Gasteiger partial charge is 0.381 e. The number of hydrogen-bond donors (Lipinski definition) is 1. The molecule has 0 heterocycles. The summed E-state index contributed by atoms with van der Waals surface area (Å²) in [5.74, 6) is -1.34. The standard InChI is InChI=1S/C19H21F2NO3S/c1-25-16-7-5-15(6-8-16)22-26(23,24)17-9-2-13(3-10-17)18-11-4-14(20)12-19(18)21/h2-4,9-12,15-16,22H,5-8H2,1H3. The predicted molar refractivity (Wildman–Crippen MR) is 95.2 cm³/mol. The van der Waals surface area contributed by atoms with E-state index in [-0.39, 0.29) is 22.6 Å². The number of methoxy groups -OCH3 is 1. The van der Waals surface area contributed by atoms with Gasteiger partial charge in [0, 0.05) is 24.8 Å². The summed E-state index contributed by atoms with van der Waals surface area (Å²) in [7, 11) is -1.98. The maximum Gasteiger partial charge on any atom is 0.240 e. The van der Waals surface area contributed by atoms with Gasteiger partial charge in [-0.05, 0) is 55.5 Å². The van der Waals surface area contributed by atoms with Crippen LogP contribution >= 0.6 is 0 Å². The Bertz CT molecular complexity index is 861. The Kier molecular flexibility index (Phi) is 5.70. The zero-order valence-corrected chi connectivity index (χ0v) is 15.2. The molecule has 0 saturated heterocycles. The van der Waals surface area contributed by atoms with E-state index in [2.05, 4.69) is 4.72 Å². The number of rotatable bonds is 5. The van der Waals surface area contributed by atoms with E-state index in [1.165, 1.54) is 36.4 Å². The molecule has 0 aliphatic heterocycles. The minimum absolute atomic E-state index is 0.111. The first kappa shape index (κ1) is 18.9. The second kappa shape index (κ2) is 7.82. The maximum atomic E-state index is 13.9. The van der Waals surface area contributed by atoms with Gasteiger partial charge in [0.05, 0.1) is 11.0 Å². The molecule has 1 saturated carbocycles. The summed E-state index contributed by atoms with van der Waals surface area (Å²) in [6.45, 7) is 0. The maximum absolute atomic E-state index is 13.9. The lowest BCUT2D eigenvalue weighted by atomic mass is 9.94. The average Bonchev–Trinajstić information content (AvgIpc) is 2.62. The van der Waals surface area contributed by atoms with Crippen molar-refractivity contribution in [1.82, 2.24) is 4.72 Å². The Morgan fingerprint density at radius 3 is 2.23 bits per heavy atom. The Morgan fingerprint density at radius 2 is 1.65 bits per heavy atom. The molecule has 140 valence electrons. The van der Waals surface area contributed by atoms with Crippen molar-refractivity contribution < 1.29 is 21.9 Å². The van der Waals surface area contributed by atoms with Gasteiger partial charge in [-0.2, -0.15) is 0 Å². The summed E-state index contributed by atoms with van der Waals surface area (Å²) < 4.78 is 60.0. The van der Waals surface area contributed by atoms with E-state index in [1.807, 2.05) is 0 Å². The molecule has 0 amide bonds. The van der Waals surface area contributed by atoms with Gasteiger partial charge in [-0.3, -0.25) is 0 Å². The highest BCUT2D eigenvalue weighted by Gasteiger charge is 2.25. The third-order valence-corrected chi connectivity index (χ3v) is 6.27. The van der Waals surface area contributed by atoms with Crippen molar-refractivity contribution >= 4 is 10.0 Å². The van der Waals surface area contributed by atoms with Crippen LogP contribution in [-0.2, 0) is 14.8 Å². The number of halogens is 2. The van der Waals surface area contributed by atoms with Crippen molar-refractivity contribution in [1.29, 1.82) is 0 Å². The minimum Gasteiger partial charge on any atom is -0.381 e. The van der Waals surface area contributed by atoms with E-state index in [0.29, 0.717) is 5.56 Å². The third kappa shape index (κ3) is 4.28. The molecule has 0 bridgehead atoms. The molecule has 0 unspecified atom stereocenters. The number of nitrogens with one attached hydrogen (secondary N) is 1. The van der Waals surface area contributed by atoms with Gasteiger partial charge in [0.1, 0.15) is 11.6 Å². The van der Waals surface area contributed by atoms with Crippen LogP contribution in [0.2, 0.25) is 0 Å². The van der Waals surface area contributed by atoms with Crippen molar-refractivity contribution in [2.75, 3.05) is 7.11 Å². The third-order valence-electron chi connectivity index (χ3n) is 4.74. The summed E-state index contributed by atoms with van der Waals surface area (Å²) in [5, 5.41) is 0. The quantitative estimate of drug-likeness (QED) is 0.855. The lowest BCUT2D eigenvalue weighted by Crippen LogP contribution is -2.38. The second-order valence-electron chi connectivity index (χ2n) is 6.48. The number of ether oxygens (including phenoxy) is 1. The van der Waals surface area contributed by atoms with E-state index in [0.717, 1.165) is 31.7 Å². The fourth-order valence-corrected chi connectivity index (χ4v) is 4.55. The lowest BCUT2D eigenvalue weighted by Gasteiger charge is -2.28. The number of hydrogen-bond acceptors (Lipinski definition) is 3. The SMILES string of the molecule is COC1CCC(NS(=O)(=O)c2ccc(-c3ccc(F)cc3F)cc2)CC1. The monoisotopic (exact) mass is 381 g/mol. The molecular weight excluding hydrogens is 360 g/mol. The Labute approximate surface area is 152 Å². The lowest BCUT2D eigenvalue weighted by molar-refractivity contribution is 0.0649. The van der Waals surface area contributed by atoms with Crippen LogP contribution in [0.3, 0.4) is 0 Å². The molecule has 4 nitrogen and oxygen atoms in total. The summed E-state index contributed by atoms with van der Waals surface area (Å²) in [5.41, 5.74) is 0.711. The molecule has 0 aromatic heterocycles. The molecule has 0 radical (unpaired) electrons. The van der Waals surface area contributed by atoms with Crippen LogP contribution in [0.1, 0.15) is 25.7 Å². The first-order chi connectivity index (χ1) is 12.4. The minimum atomic E-state index is -3.64. The van der Waals surface area contributed by atoms with Crippen molar-refractivity contribution in [3.8, 4) is 11.1 Å². The molecule has 2 aromatic rings. The first-order valence-corrected chi connectivity index (χ1v) is 9.98. The summed E-state index contributed by atoms with van der Waals surface area (Å²) in [4.78, 5) is 0.123. The van der Waals surface area contributed by atoms with Gasteiger partial charge in [-0.1, -0.05) is 12.1 Å². The molecule has 1 fully saturated rings. The molecule has 26 heavy (non-hydrogen) atoms. The van der Waals surface area contributed by atoms with Gasteiger partial charge in [-0.25, -0.2) is 21.9 Å². The molecule has 7 heteroatoms. The summed E-state index contributed by atoms with van der Waals surface area (Å²) in [6, 6.07) is 9.10. The fourth-order valence-electron chi connectivity index (χ4n) is 3.24. The summed E-state index contributed by atoms with van der Waals surface area (Å²) in [6.07, 6.45) is 3.31. The van der Waals surface area contributed by atoms with Crippen LogP contribution in [0.15, 0.2) is 47.4 Å². The highest BCUT2D eigenvalue weighted by atomic mass is 32.2. The molecular formula is C19H21F2NO3S. The molecule has 1 aliphatic carbocycles. The molecule has 3 rings (SSSR count). The van der Waals surface area contributed by atoms with E-state index >= 15 is 0 Å². The van der Waals surface area contributed by atoms with Crippen molar-refractivity contribution in [3.05, 3.63) is 54.1 Å². The van der Waals surface area contributed by atoms with Crippen molar-refractivity contribution in [2.45, 2.75) is 42.7 Å². The van der Waals surface area contributed by atoms with Crippen LogP contribution in [-0.4, -0.2) is 27.7 Å². The van der Waals surface area contributed by atoms with Crippen LogP contribution < -0.4 is 4.72 Å². The summed E-state index contributed by atoms with van der Waals surface area (Å²) >= 11 is 0. The highest BCUT2D eigenvalue weighted by molar-refractivity contribution is 7.89. The van der Waals surface area contributed by atoms with Crippen LogP contribution in [0.25, 0.3) is 11.1 Å². The first-order valence-electron chi connectivity index (χ1n) is 8.49. The highest BCUT2D eigenvalue weighted by Crippen LogP contribution is 2.26. The van der Waals surface area contributed by atoms with E-state index in [4.69, 9.17) is 4.74 Å². The van der Waals surface area contributed by atoms with Gasteiger partial charge in [0.15, 0.2) is 0 Å². The average molecular weight is 381 g/mol. The Morgan fingerprint density at radius 1 is 1.00 bits per heavy atom. The molecule has 0 spiro atoms.